The van der Waals surface area contributed by atoms with E-state index in [0.717, 1.165) is 5.56 Å². The van der Waals surface area contributed by atoms with Crippen LogP contribution < -0.4 is 18.7 Å². The molecule has 3 aromatic rings. The second-order valence-electron chi connectivity index (χ2n) is 7.39. The summed E-state index contributed by atoms with van der Waals surface area (Å²) in [6.07, 6.45) is 0.663. The predicted molar refractivity (Wildman–Crippen MR) is 123 cm³/mol. The van der Waals surface area contributed by atoms with Gasteiger partial charge in [-0.1, -0.05) is 24.3 Å². The number of para-hydroxylation sites is 1. The average Bonchev–Trinajstić information content (AvgIpc) is 3.28. The van der Waals surface area contributed by atoms with Crippen LogP contribution in [0.1, 0.15) is 15.9 Å². The monoisotopic (exact) mass is 452 g/mol. The summed E-state index contributed by atoms with van der Waals surface area (Å²) in [7, 11) is 0.895. The third-order valence-electron chi connectivity index (χ3n) is 5.57. The number of sulfonamides is 1. The van der Waals surface area contributed by atoms with Crippen LogP contribution in [-0.4, -0.2) is 42.1 Å². The Morgan fingerprint density at radius 3 is 2.44 bits per heavy atom. The highest BCUT2D eigenvalue weighted by Crippen LogP contribution is 2.34. The number of benzene rings is 3. The molecule has 0 radical (unpaired) electrons. The molecular formula is C24H24N2O5S. The van der Waals surface area contributed by atoms with Crippen LogP contribution >= 0.6 is 0 Å². The topological polar surface area (TPSA) is 76.2 Å². The standard InChI is InChI=1S/C24H24N2O5S/c1-25(19-11-12-22(30-2)23(16-19)31-3)24(27)18-8-6-9-20(15-18)32(28,29)26-14-13-17-7-4-5-10-21(17)26/h4-12,15-16H,13-14H2,1-3H3. The zero-order valence-electron chi connectivity index (χ0n) is 18.1. The minimum atomic E-state index is -3.79. The summed E-state index contributed by atoms with van der Waals surface area (Å²) in [5, 5.41) is 0. The Hall–Kier alpha value is -3.52. The van der Waals surface area contributed by atoms with E-state index in [0.29, 0.717) is 35.8 Å². The lowest BCUT2D eigenvalue weighted by molar-refractivity contribution is 0.0992. The summed E-state index contributed by atoms with van der Waals surface area (Å²) < 4.78 is 38.6. The van der Waals surface area contributed by atoms with E-state index in [9.17, 15) is 13.2 Å². The Kier molecular flexibility index (Phi) is 5.80. The number of anilines is 2. The second kappa shape index (κ2) is 8.55. The van der Waals surface area contributed by atoms with Crippen LogP contribution in [0.5, 0.6) is 11.5 Å². The summed E-state index contributed by atoms with van der Waals surface area (Å²) in [5.74, 6) is 0.709. The number of rotatable bonds is 6. The normalized spacial score (nSPS) is 12.9. The van der Waals surface area contributed by atoms with Crippen LogP contribution in [-0.2, 0) is 16.4 Å². The zero-order valence-corrected chi connectivity index (χ0v) is 18.9. The lowest BCUT2D eigenvalue weighted by Crippen LogP contribution is -2.30. The maximum atomic E-state index is 13.3. The largest absolute Gasteiger partial charge is 0.493 e. The SMILES string of the molecule is COc1ccc(N(C)C(=O)c2cccc(S(=O)(=O)N3CCc4ccccc43)c2)cc1OC. The summed E-state index contributed by atoms with van der Waals surface area (Å²) in [6.45, 7) is 0.380. The first-order valence-corrected chi connectivity index (χ1v) is 11.5. The van der Waals surface area contributed by atoms with Gasteiger partial charge in [0.2, 0.25) is 0 Å². The van der Waals surface area contributed by atoms with Gasteiger partial charge in [0.05, 0.1) is 24.8 Å². The molecule has 0 unspecified atom stereocenters. The third kappa shape index (κ3) is 3.78. The minimum absolute atomic E-state index is 0.0840. The highest BCUT2D eigenvalue weighted by atomic mass is 32.2. The van der Waals surface area contributed by atoms with Crippen molar-refractivity contribution in [2.24, 2.45) is 0 Å². The van der Waals surface area contributed by atoms with Gasteiger partial charge in [-0.25, -0.2) is 8.42 Å². The lowest BCUT2D eigenvalue weighted by Gasteiger charge is -2.21. The molecule has 0 spiro atoms. The molecule has 4 rings (SSSR count). The van der Waals surface area contributed by atoms with E-state index in [2.05, 4.69) is 0 Å². The molecule has 0 saturated heterocycles. The number of carbonyl (C=O) groups excluding carboxylic acids is 1. The first-order valence-electron chi connectivity index (χ1n) is 10.1. The number of ether oxygens (including phenoxy) is 2. The van der Waals surface area contributed by atoms with Crippen LogP contribution in [0.15, 0.2) is 71.6 Å². The minimum Gasteiger partial charge on any atom is -0.493 e. The van der Waals surface area contributed by atoms with Crippen LogP contribution in [0, 0.1) is 0 Å². The van der Waals surface area contributed by atoms with Gasteiger partial charge >= 0.3 is 0 Å². The van der Waals surface area contributed by atoms with E-state index in [1.54, 1.807) is 43.4 Å². The Morgan fingerprint density at radius 1 is 0.938 bits per heavy atom. The fourth-order valence-electron chi connectivity index (χ4n) is 3.82. The van der Waals surface area contributed by atoms with E-state index in [-0.39, 0.29) is 16.4 Å². The second-order valence-corrected chi connectivity index (χ2v) is 9.25. The maximum absolute atomic E-state index is 13.3. The summed E-state index contributed by atoms with van der Waals surface area (Å²) in [4.78, 5) is 14.7. The van der Waals surface area contributed by atoms with Gasteiger partial charge in [0.1, 0.15) is 0 Å². The van der Waals surface area contributed by atoms with Gasteiger partial charge in [0.15, 0.2) is 11.5 Å². The van der Waals surface area contributed by atoms with Crippen molar-refractivity contribution < 1.29 is 22.7 Å². The number of hydrogen-bond acceptors (Lipinski definition) is 5. The van der Waals surface area contributed by atoms with Gasteiger partial charge < -0.3 is 14.4 Å². The van der Waals surface area contributed by atoms with Gasteiger partial charge in [0.25, 0.3) is 15.9 Å². The van der Waals surface area contributed by atoms with Gasteiger partial charge in [-0.2, -0.15) is 0 Å². The lowest BCUT2D eigenvalue weighted by atomic mass is 10.2. The van der Waals surface area contributed by atoms with Gasteiger partial charge in [-0.05, 0) is 48.4 Å². The van der Waals surface area contributed by atoms with Crippen molar-refractivity contribution in [2.45, 2.75) is 11.3 Å². The quantitative estimate of drug-likeness (QED) is 0.570. The Bertz CT molecular complexity index is 1270. The van der Waals surface area contributed by atoms with Crippen molar-refractivity contribution in [3.05, 3.63) is 77.9 Å². The van der Waals surface area contributed by atoms with E-state index in [4.69, 9.17) is 9.47 Å². The van der Waals surface area contributed by atoms with E-state index >= 15 is 0 Å². The van der Waals surface area contributed by atoms with Crippen LogP contribution in [0.2, 0.25) is 0 Å². The third-order valence-corrected chi connectivity index (χ3v) is 7.38. The van der Waals surface area contributed by atoms with Gasteiger partial charge in [-0.15, -0.1) is 0 Å². The fraction of sp³-hybridized carbons (Fsp3) is 0.208. The first-order chi connectivity index (χ1) is 15.4. The Morgan fingerprint density at radius 2 is 1.69 bits per heavy atom. The van der Waals surface area contributed by atoms with Crippen molar-refractivity contribution in [2.75, 3.05) is 37.0 Å². The average molecular weight is 453 g/mol. The van der Waals surface area contributed by atoms with Crippen LogP contribution in [0.25, 0.3) is 0 Å². The molecule has 8 heteroatoms. The van der Waals surface area contributed by atoms with Crippen molar-refractivity contribution in [3.63, 3.8) is 0 Å². The summed E-state index contributed by atoms with van der Waals surface area (Å²) in [5.41, 5.74) is 2.55. The molecule has 3 aromatic carbocycles. The van der Waals surface area contributed by atoms with Crippen LogP contribution in [0.4, 0.5) is 11.4 Å². The van der Waals surface area contributed by atoms with Crippen LogP contribution in [0.3, 0.4) is 0 Å². The predicted octanol–water partition coefficient (Wildman–Crippen LogP) is 3.73. The van der Waals surface area contributed by atoms with Crippen molar-refractivity contribution in [1.29, 1.82) is 0 Å². The molecule has 32 heavy (non-hydrogen) atoms. The van der Waals surface area contributed by atoms with E-state index in [1.165, 1.54) is 35.6 Å². The number of nitrogens with zero attached hydrogens (tertiary/aromatic N) is 2. The fourth-order valence-corrected chi connectivity index (χ4v) is 5.37. The Labute approximate surface area is 187 Å². The molecule has 0 bridgehead atoms. The molecule has 1 amide bonds. The molecule has 0 fully saturated rings. The van der Waals surface area contributed by atoms with Crippen molar-refractivity contribution in [1.82, 2.24) is 0 Å². The maximum Gasteiger partial charge on any atom is 0.264 e. The number of carbonyl (C=O) groups is 1. The highest BCUT2D eigenvalue weighted by Gasteiger charge is 2.31. The number of hydrogen-bond donors (Lipinski definition) is 0. The van der Waals surface area contributed by atoms with E-state index < -0.39 is 10.0 Å². The molecule has 0 aromatic heterocycles. The molecule has 0 aliphatic carbocycles. The van der Waals surface area contributed by atoms with Gasteiger partial charge in [-0.3, -0.25) is 9.10 Å². The first kappa shape index (κ1) is 21.7. The number of amides is 1. The smallest absolute Gasteiger partial charge is 0.264 e. The molecule has 0 N–H and O–H groups in total. The molecule has 0 saturated carbocycles. The molecule has 1 aliphatic heterocycles. The molecule has 0 atom stereocenters. The summed E-state index contributed by atoms with van der Waals surface area (Å²) >= 11 is 0. The Balaban J connectivity index is 1.64. The van der Waals surface area contributed by atoms with Crippen molar-refractivity contribution in [3.8, 4) is 11.5 Å². The molecule has 166 valence electrons. The molecule has 7 nitrogen and oxygen atoms in total. The number of methoxy groups -OCH3 is 2. The molecular weight excluding hydrogens is 428 g/mol. The summed E-state index contributed by atoms with van der Waals surface area (Å²) in [6, 6.07) is 18.7. The number of fused-ring (bicyclic) bond motifs is 1. The zero-order chi connectivity index (χ0) is 22.9. The van der Waals surface area contributed by atoms with Crippen molar-refractivity contribution >= 4 is 27.3 Å². The highest BCUT2D eigenvalue weighted by molar-refractivity contribution is 7.92. The van der Waals surface area contributed by atoms with E-state index in [1.807, 2.05) is 18.2 Å². The van der Waals surface area contributed by atoms with Gasteiger partial charge in [0, 0.05) is 30.9 Å². The molecule has 1 heterocycles. The molecule has 1 aliphatic rings.